The van der Waals surface area contributed by atoms with Gasteiger partial charge in [0.25, 0.3) is 5.91 Å². The Balaban J connectivity index is 1.94. The number of carboxylic acid groups (broad SMARTS) is 1. The maximum Gasteiger partial charge on any atom is 0.270 e. The van der Waals surface area contributed by atoms with Crippen LogP contribution in [0.3, 0.4) is 0 Å². The van der Waals surface area contributed by atoms with E-state index in [2.05, 4.69) is 0 Å². The summed E-state index contributed by atoms with van der Waals surface area (Å²) in [5.74, 6) is -0.870. The monoisotopic (exact) mass is 384 g/mol. The first-order valence-corrected chi connectivity index (χ1v) is 8.87. The van der Waals surface area contributed by atoms with Crippen LogP contribution >= 0.6 is 24.0 Å². The Morgan fingerprint density at radius 3 is 2.73 bits per heavy atom. The van der Waals surface area contributed by atoms with Gasteiger partial charge in [0.2, 0.25) is 0 Å². The van der Waals surface area contributed by atoms with Crippen molar-refractivity contribution in [1.82, 2.24) is 0 Å². The standard InChI is InChI=1S/C19H15NO4S2/c1-11-6-7-12(8-15(11)24-2)9-16-17(21)20(19(25)26-16)14-5-3-4-13(10-14)18(22)23/h3-10H,1-2H3,(H,22,23)/p-1/b16-9+. The van der Waals surface area contributed by atoms with Gasteiger partial charge >= 0.3 is 0 Å². The Morgan fingerprint density at radius 2 is 2.04 bits per heavy atom. The first-order valence-electron chi connectivity index (χ1n) is 7.64. The number of hydrogen-bond donors (Lipinski definition) is 0. The van der Waals surface area contributed by atoms with Crippen LogP contribution in [0.1, 0.15) is 21.5 Å². The van der Waals surface area contributed by atoms with Gasteiger partial charge in [0.15, 0.2) is 4.32 Å². The Kier molecular flexibility index (Phi) is 5.11. The van der Waals surface area contributed by atoms with E-state index in [0.717, 1.165) is 16.9 Å². The number of ether oxygens (including phenoxy) is 1. The summed E-state index contributed by atoms with van der Waals surface area (Å²) in [5, 5.41) is 11.0. The molecule has 0 radical (unpaired) electrons. The lowest BCUT2D eigenvalue weighted by Crippen LogP contribution is -2.28. The summed E-state index contributed by atoms with van der Waals surface area (Å²) >= 11 is 6.48. The highest BCUT2D eigenvalue weighted by Crippen LogP contribution is 2.36. The molecule has 0 N–H and O–H groups in total. The predicted molar refractivity (Wildman–Crippen MR) is 104 cm³/mol. The molecule has 2 aromatic rings. The van der Waals surface area contributed by atoms with Gasteiger partial charge in [-0.2, -0.15) is 0 Å². The van der Waals surface area contributed by atoms with Crippen molar-refractivity contribution in [2.24, 2.45) is 0 Å². The molecule has 5 nitrogen and oxygen atoms in total. The molecule has 0 bridgehead atoms. The molecule has 0 atom stereocenters. The van der Waals surface area contributed by atoms with Crippen molar-refractivity contribution in [3.63, 3.8) is 0 Å². The van der Waals surface area contributed by atoms with Crippen LogP contribution in [0.25, 0.3) is 6.08 Å². The lowest BCUT2D eigenvalue weighted by atomic mass is 10.1. The van der Waals surface area contributed by atoms with Gasteiger partial charge < -0.3 is 14.6 Å². The van der Waals surface area contributed by atoms with Crippen molar-refractivity contribution in [3.8, 4) is 5.75 Å². The smallest absolute Gasteiger partial charge is 0.270 e. The molecule has 3 rings (SSSR count). The fraction of sp³-hybridized carbons (Fsp3) is 0.105. The van der Waals surface area contributed by atoms with Crippen molar-refractivity contribution < 1.29 is 19.4 Å². The van der Waals surface area contributed by atoms with Gasteiger partial charge in [-0.15, -0.1) is 0 Å². The van der Waals surface area contributed by atoms with Crippen molar-refractivity contribution in [1.29, 1.82) is 0 Å². The number of carbonyl (C=O) groups excluding carboxylic acids is 2. The van der Waals surface area contributed by atoms with Crippen LogP contribution in [0.2, 0.25) is 0 Å². The van der Waals surface area contributed by atoms with Gasteiger partial charge in [-0.1, -0.05) is 48.2 Å². The summed E-state index contributed by atoms with van der Waals surface area (Å²) in [6, 6.07) is 11.6. The minimum atomic E-state index is -1.31. The number of anilines is 1. The molecule has 1 amide bonds. The molecular weight excluding hydrogens is 370 g/mol. The SMILES string of the molecule is COc1cc(/C=C2/SC(=S)N(c3cccc(C(=O)[O-])c3)C2=O)ccc1C. The zero-order chi connectivity index (χ0) is 18.8. The second-order valence-electron chi connectivity index (χ2n) is 5.58. The summed E-state index contributed by atoms with van der Waals surface area (Å²) in [6.45, 7) is 1.94. The third-order valence-corrected chi connectivity index (χ3v) is 5.17. The van der Waals surface area contributed by atoms with E-state index in [4.69, 9.17) is 17.0 Å². The lowest BCUT2D eigenvalue weighted by molar-refractivity contribution is -0.255. The molecule has 0 unspecified atom stereocenters. The molecule has 1 heterocycles. The van der Waals surface area contributed by atoms with Crippen LogP contribution in [-0.2, 0) is 4.79 Å². The molecule has 132 valence electrons. The quantitative estimate of drug-likeness (QED) is 0.596. The fourth-order valence-electron chi connectivity index (χ4n) is 2.54. The molecule has 26 heavy (non-hydrogen) atoms. The molecule has 1 fully saturated rings. The average molecular weight is 384 g/mol. The van der Waals surface area contributed by atoms with Gasteiger partial charge in [-0.3, -0.25) is 9.69 Å². The van der Waals surface area contributed by atoms with Crippen LogP contribution in [0.15, 0.2) is 47.4 Å². The van der Waals surface area contributed by atoms with E-state index >= 15 is 0 Å². The second kappa shape index (κ2) is 7.31. The maximum atomic E-state index is 12.8. The van der Waals surface area contributed by atoms with Crippen molar-refractivity contribution >= 4 is 51.9 Å². The van der Waals surface area contributed by atoms with Gasteiger partial charge in [-0.05, 0) is 47.9 Å². The molecule has 0 saturated carbocycles. The number of thioether (sulfide) groups is 1. The molecule has 0 spiro atoms. The first kappa shape index (κ1) is 18.2. The zero-order valence-corrected chi connectivity index (χ0v) is 15.6. The fourth-order valence-corrected chi connectivity index (χ4v) is 3.84. The molecule has 1 aliphatic heterocycles. The number of aromatic carboxylic acids is 1. The summed E-state index contributed by atoms with van der Waals surface area (Å²) in [4.78, 5) is 25.6. The number of benzene rings is 2. The third-order valence-electron chi connectivity index (χ3n) is 3.86. The normalized spacial score (nSPS) is 15.6. The van der Waals surface area contributed by atoms with Crippen molar-refractivity contribution in [2.75, 3.05) is 12.0 Å². The van der Waals surface area contributed by atoms with Crippen LogP contribution in [0, 0.1) is 6.92 Å². The highest BCUT2D eigenvalue weighted by Gasteiger charge is 2.33. The van der Waals surface area contributed by atoms with E-state index in [0.29, 0.717) is 14.9 Å². The van der Waals surface area contributed by atoms with E-state index in [1.807, 2.05) is 25.1 Å². The Hall–Kier alpha value is -2.64. The highest BCUT2D eigenvalue weighted by molar-refractivity contribution is 8.27. The molecule has 7 heteroatoms. The van der Waals surface area contributed by atoms with E-state index in [1.54, 1.807) is 25.3 Å². The maximum absolute atomic E-state index is 12.8. The highest BCUT2D eigenvalue weighted by atomic mass is 32.2. The second-order valence-corrected chi connectivity index (χ2v) is 7.26. The Labute approximate surface area is 160 Å². The van der Waals surface area contributed by atoms with Crippen LogP contribution < -0.4 is 14.7 Å². The topological polar surface area (TPSA) is 69.7 Å². The van der Waals surface area contributed by atoms with E-state index in [-0.39, 0.29) is 11.5 Å². The predicted octanol–water partition coefficient (Wildman–Crippen LogP) is 2.77. The molecule has 0 aromatic heterocycles. The molecule has 2 aromatic carbocycles. The van der Waals surface area contributed by atoms with E-state index in [1.165, 1.54) is 28.8 Å². The van der Waals surface area contributed by atoms with Crippen LogP contribution in [-0.4, -0.2) is 23.3 Å². The number of carboxylic acids is 1. The van der Waals surface area contributed by atoms with Gasteiger partial charge in [0.05, 0.1) is 23.7 Å². The number of thiocarbonyl (C=S) groups is 1. The summed E-state index contributed by atoms with van der Waals surface area (Å²) in [6.07, 6.45) is 1.74. The van der Waals surface area contributed by atoms with Crippen LogP contribution in [0.4, 0.5) is 5.69 Å². The number of methoxy groups -OCH3 is 1. The largest absolute Gasteiger partial charge is 0.545 e. The van der Waals surface area contributed by atoms with Gasteiger partial charge in [0.1, 0.15) is 5.75 Å². The molecular formula is C19H14NO4S2-. The number of hydrogen-bond acceptors (Lipinski definition) is 6. The average Bonchev–Trinajstić information content (AvgIpc) is 2.90. The Morgan fingerprint density at radius 1 is 1.27 bits per heavy atom. The number of carbonyl (C=O) groups is 2. The number of rotatable bonds is 4. The van der Waals surface area contributed by atoms with E-state index < -0.39 is 5.97 Å². The Bertz CT molecular complexity index is 952. The van der Waals surface area contributed by atoms with Crippen molar-refractivity contribution in [3.05, 3.63) is 64.1 Å². The minimum absolute atomic E-state index is 0.0104. The summed E-state index contributed by atoms with van der Waals surface area (Å²) in [7, 11) is 1.59. The van der Waals surface area contributed by atoms with Gasteiger partial charge in [-0.25, -0.2) is 0 Å². The first-order chi connectivity index (χ1) is 12.4. The molecule has 0 aliphatic carbocycles. The summed E-state index contributed by atoms with van der Waals surface area (Å²) < 4.78 is 5.65. The van der Waals surface area contributed by atoms with Gasteiger partial charge in [0, 0.05) is 0 Å². The number of nitrogens with zero attached hydrogens (tertiary/aromatic N) is 1. The lowest BCUT2D eigenvalue weighted by Gasteiger charge is -2.15. The number of aryl methyl sites for hydroxylation is 1. The zero-order valence-electron chi connectivity index (χ0n) is 14.0. The molecule has 1 saturated heterocycles. The third kappa shape index (κ3) is 3.49. The number of amides is 1. The van der Waals surface area contributed by atoms with Crippen LogP contribution in [0.5, 0.6) is 5.75 Å². The minimum Gasteiger partial charge on any atom is -0.545 e. The molecule has 1 aliphatic rings. The van der Waals surface area contributed by atoms with Crippen molar-refractivity contribution in [2.45, 2.75) is 6.92 Å². The summed E-state index contributed by atoms with van der Waals surface area (Å²) in [5.41, 5.74) is 2.20. The van der Waals surface area contributed by atoms with E-state index in [9.17, 15) is 14.7 Å².